The van der Waals surface area contributed by atoms with E-state index in [1.165, 1.54) is 11.8 Å². The molecule has 3 heterocycles. The number of aromatic nitrogens is 5. The van der Waals surface area contributed by atoms with Crippen LogP contribution in [0.4, 0.5) is 5.82 Å². The first kappa shape index (κ1) is 23.3. The van der Waals surface area contributed by atoms with Crippen LogP contribution in [0.1, 0.15) is 29.3 Å². The molecule has 0 radical (unpaired) electrons. The van der Waals surface area contributed by atoms with Crippen molar-refractivity contribution in [2.45, 2.75) is 39.0 Å². The van der Waals surface area contributed by atoms with E-state index in [1.807, 2.05) is 72.4 Å². The highest BCUT2D eigenvalue weighted by Gasteiger charge is 2.21. The monoisotopic (exact) mass is 471 g/mol. The Morgan fingerprint density at radius 1 is 1.09 bits per heavy atom. The molecular weight excluding hydrogens is 446 g/mol. The molecule has 4 rings (SSSR count). The molecule has 0 fully saturated rings. The molecule has 8 nitrogen and oxygen atoms in total. The number of pyridine rings is 1. The Hall–Kier alpha value is -3.90. The predicted octanol–water partition coefficient (Wildman–Crippen LogP) is 4.43. The summed E-state index contributed by atoms with van der Waals surface area (Å²) in [4.78, 5) is 17.0. The van der Waals surface area contributed by atoms with Gasteiger partial charge in [-0.3, -0.25) is 9.78 Å². The fraction of sp³-hybridized carbons (Fsp3) is 0.240. The van der Waals surface area contributed by atoms with E-state index in [0.29, 0.717) is 29.6 Å². The Labute approximate surface area is 202 Å². The number of hydrogen-bond donors (Lipinski definition) is 1. The predicted molar refractivity (Wildman–Crippen MR) is 132 cm³/mol. The van der Waals surface area contributed by atoms with Crippen molar-refractivity contribution in [3.8, 4) is 17.5 Å². The molecule has 0 saturated heterocycles. The van der Waals surface area contributed by atoms with Crippen molar-refractivity contribution in [1.82, 2.24) is 24.3 Å². The summed E-state index contributed by atoms with van der Waals surface area (Å²) in [7, 11) is 0. The van der Waals surface area contributed by atoms with Crippen molar-refractivity contribution in [3.05, 3.63) is 77.2 Å². The van der Waals surface area contributed by atoms with E-state index < -0.39 is 0 Å². The minimum absolute atomic E-state index is 0.147. The summed E-state index contributed by atoms with van der Waals surface area (Å²) in [6.45, 7) is 7.13. The van der Waals surface area contributed by atoms with Gasteiger partial charge < -0.3 is 14.5 Å². The average molecular weight is 472 g/mol. The quantitative estimate of drug-likeness (QED) is 0.382. The second-order valence-electron chi connectivity index (χ2n) is 7.74. The van der Waals surface area contributed by atoms with Crippen LogP contribution in [-0.2, 0) is 17.9 Å². The van der Waals surface area contributed by atoms with E-state index in [0.717, 1.165) is 28.2 Å². The Bertz CT molecular complexity index is 1340. The van der Waals surface area contributed by atoms with Crippen LogP contribution in [0.5, 0.6) is 0 Å². The number of anilines is 1. The highest BCUT2D eigenvalue weighted by Crippen LogP contribution is 2.28. The molecule has 9 heteroatoms. The van der Waals surface area contributed by atoms with E-state index in [2.05, 4.69) is 26.6 Å². The Balaban J connectivity index is 1.52. The molecule has 0 saturated carbocycles. The van der Waals surface area contributed by atoms with Gasteiger partial charge >= 0.3 is 0 Å². The molecule has 0 aliphatic heterocycles. The van der Waals surface area contributed by atoms with Crippen LogP contribution < -0.4 is 5.32 Å². The molecule has 3 aromatic heterocycles. The number of thioether (sulfide) groups is 1. The summed E-state index contributed by atoms with van der Waals surface area (Å²) >= 11 is 1.32. The fourth-order valence-corrected chi connectivity index (χ4v) is 4.59. The summed E-state index contributed by atoms with van der Waals surface area (Å²) in [6, 6.07) is 16.0. The lowest BCUT2D eigenvalue weighted by Gasteiger charge is -2.13. The van der Waals surface area contributed by atoms with Gasteiger partial charge in [-0.2, -0.15) is 5.26 Å². The maximum absolute atomic E-state index is 12.9. The highest BCUT2D eigenvalue weighted by molar-refractivity contribution is 7.99. The molecule has 0 aliphatic rings. The molecule has 0 bridgehead atoms. The van der Waals surface area contributed by atoms with E-state index in [-0.39, 0.29) is 11.7 Å². The van der Waals surface area contributed by atoms with Crippen LogP contribution >= 0.6 is 11.8 Å². The maximum Gasteiger partial charge on any atom is 0.235 e. The zero-order valence-corrected chi connectivity index (χ0v) is 20.1. The van der Waals surface area contributed by atoms with Gasteiger partial charge in [0.05, 0.1) is 11.3 Å². The summed E-state index contributed by atoms with van der Waals surface area (Å²) in [5, 5.41) is 22.0. The van der Waals surface area contributed by atoms with Gasteiger partial charge in [0.25, 0.3) is 0 Å². The SMILES string of the molecule is CCn1c(SCC(=O)Nc2c(C#N)c(C)c(C)n2Cc2ccccc2)nnc1-c1ccncc1. The third-order valence-electron chi connectivity index (χ3n) is 5.69. The van der Waals surface area contributed by atoms with Crippen molar-refractivity contribution in [2.24, 2.45) is 0 Å². The summed E-state index contributed by atoms with van der Waals surface area (Å²) in [6.07, 6.45) is 3.43. The lowest BCUT2D eigenvalue weighted by atomic mass is 10.2. The molecule has 34 heavy (non-hydrogen) atoms. The summed E-state index contributed by atoms with van der Waals surface area (Å²) < 4.78 is 3.96. The number of nitriles is 1. The molecule has 0 atom stereocenters. The number of carbonyl (C=O) groups is 1. The number of benzene rings is 1. The molecule has 1 N–H and O–H groups in total. The van der Waals surface area contributed by atoms with Crippen molar-refractivity contribution < 1.29 is 4.79 Å². The van der Waals surface area contributed by atoms with Gasteiger partial charge in [0, 0.05) is 36.7 Å². The van der Waals surface area contributed by atoms with Crippen LogP contribution in [0, 0.1) is 25.2 Å². The topological polar surface area (TPSA) is 101 Å². The fourth-order valence-electron chi connectivity index (χ4n) is 3.79. The van der Waals surface area contributed by atoms with Crippen molar-refractivity contribution in [2.75, 3.05) is 11.1 Å². The van der Waals surface area contributed by atoms with Gasteiger partial charge in [-0.05, 0) is 44.0 Å². The molecule has 0 spiro atoms. The van der Waals surface area contributed by atoms with Crippen molar-refractivity contribution >= 4 is 23.5 Å². The average Bonchev–Trinajstić information content (AvgIpc) is 3.38. The van der Waals surface area contributed by atoms with Crippen LogP contribution in [0.25, 0.3) is 11.4 Å². The molecule has 1 aromatic carbocycles. The lowest BCUT2D eigenvalue weighted by molar-refractivity contribution is -0.113. The first-order valence-corrected chi connectivity index (χ1v) is 11.9. The van der Waals surface area contributed by atoms with E-state index in [1.54, 1.807) is 12.4 Å². The smallest absolute Gasteiger partial charge is 0.235 e. The first-order valence-electron chi connectivity index (χ1n) is 10.9. The largest absolute Gasteiger partial charge is 0.326 e. The Morgan fingerprint density at radius 2 is 1.82 bits per heavy atom. The number of carbonyl (C=O) groups excluding carboxylic acids is 1. The Kier molecular flexibility index (Phi) is 7.09. The number of amides is 1. The normalized spacial score (nSPS) is 10.8. The lowest BCUT2D eigenvalue weighted by Crippen LogP contribution is -2.19. The van der Waals surface area contributed by atoms with E-state index >= 15 is 0 Å². The van der Waals surface area contributed by atoms with Crippen molar-refractivity contribution in [1.29, 1.82) is 5.26 Å². The molecular formula is C25H25N7OS. The second kappa shape index (κ2) is 10.4. The molecule has 1 amide bonds. The van der Waals surface area contributed by atoms with Crippen LogP contribution in [-0.4, -0.2) is 36.0 Å². The maximum atomic E-state index is 12.9. The van der Waals surface area contributed by atoms with Gasteiger partial charge in [-0.25, -0.2) is 0 Å². The first-order chi connectivity index (χ1) is 16.5. The van der Waals surface area contributed by atoms with Crippen LogP contribution in [0.3, 0.4) is 0 Å². The van der Waals surface area contributed by atoms with Crippen LogP contribution in [0.15, 0.2) is 60.0 Å². The number of nitrogens with zero attached hydrogens (tertiary/aromatic N) is 6. The van der Waals surface area contributed by atoms with Crippen LogP contribution in [0.2, 0.25) is 0 Å². The molecule has 172 valence electrons. The molecule has 0 unspecified atom stereocenters. The van der Waals surface area contributed by atoms with Crippen molar-refractivity contribution in [3.63, 3.8) is 0 Å². The number of rotatable bonds is 8. The number of hydrogen-bond acceptors (Lipinski definition) is 6. The van der Waals surface area contributed by atoms with Gasteiger partial charge in [0.2, 0.25) is 5.91 Å². The number of nitrogens with one attached hydrogen (secondary N) is 1. The highest BCUT2D eigenvalue weighted by atomic mass is 32.2. The minimum Gasteiger partial charge on any atom is -0.326 e. The van der Waals surface area contributed by atoms with Gasteiger partial charge in [-0.15, -0.1) is 10.2 Å². The van der Waals surface area contributed by atoms with E-state index in [4.69, 9.17) is 0 Å². The second-order valence-corrected chi connectivity index (χ2v) is 8.68. The van der Waals surface area contributed by atoms with Gasteiger partial charge in [-0.1, -0.05) is 42.1 Å². The third kappa shape index (κ3) is 4.72. The molecule has 0 aliphatic carbocycles. The minimum atomic E-state index is -0.204. The van der Waals surface area contributed by atoms with E-state index in [9.17, 15) is 10.1 Å². The summed E-state index contributed by atoms with van der Waals surface area (Å²) in [5.41, 5.74) is 4.33. The zero-order valence-electron chi connectivity index (χ0n) is 19.3. The third-order valence-corrected chi connectivity index (χ3v) is 6.65. The van der Waals surface area contributed by atoms with Gasteiger partial charge in [0.1, 0.15) is 11.9 Å². The molecule has 4 aromatic rings. The standard InChI is InChI=1S/C25H25N7OS/c1-4-31-23(20-10-12-27-13-11-20)29-30-25(31)34-16-22(33)28-24-21(14-26)17(2)18(3)32(24)15-19-8-6-5-7-9-19/h5-13H,4,15-16H2,1-3H3,(H,28,33). The summed E-state index contributed by atoms with van der Waals surface area (Å²) in [5.74, 6) is 1.21. The Morgan fingerprint density at radius 3 is 2.50 bits per heavy atom. The zero-order chi connectivity index (χ0) is 24.1. The van der Waals surface area contributed by atoms with Gasteiger partial charge in [0.15, 0.2) is 11.0 Å².